The normalized spacial score (nSPS) is 19.4. The molecule has 0 bridgehead atoms. The van der Waals surface area contributed by atoms with Crippen LogP contribution in [-0.2, 0) is 11.2 Å². The van der Waals surface area contributed by atoms with Crippen LogP contribution in [0.25, 0.3) is 0 Å². The molecule has 0 N–H and O–H groups in total. The van der Waals surface area contributed by atoms with Crippen LogP contribution in [0.5, 0.6) is 0 Å². The minimum atomic E-state index is -0.277. The zero-order chi connectivity index (χ0) is 16.9. The molecule has 0 spiro atoms. The summed E-state index contributed by atoms with van der Waals surface area (Å²) in [6.45, 7) is 2.16. The van der Waals surface area contributed by atoms with Crippen molar-refractivity contribution in [2.75, 3.05) is 0 Å². The quantitative estimate of drug-likeness (QED) is 0.813. The van der Waals surface area contributed by atoms with Crippen molar-refractivity contribution >= 4 is 5.91 Å². The average Bonchev–Trinajstić information content (AvgIpc) is 2.65. The van der Waals surface area contributed by atoms with E-state index in [0.717, 1.165) is 36.9 Å². The first-order valence-corrected chi connectivity index (χ1v) is 8.38. The van der Waals surface area contributed by atoms with Crippen LogP contribution in [0.4, 0.5) is 0 Å². The highest BCUT2D eigenvalue weighted by molar-refractivity contribution is 5.94. The number of pyridine rings is 2. The summed E-state index contributed by atoms with van der Waals surface area (Å²) >= 11 is 0. The van der Waals surface area contributed by atoms with E-state index in [4.69, 9.17) is 6.42 Å². The second-order valence-electron chi connectivity index (χ2n) is 6.09. The lowest BCUT2D eigenvalue weighted by Gasteiger charge is -2.42. The molecule has 0 saturated carbocycles. The van der Waals surface area contributed by atoms with Gasteiger partial charge in [0.05, 0.1) is 5.69 Å². The van der Waals surface area contributed by atoms with E-state index < -0.39 is 0 Å². The largest absolute Gasteiger partial charge is 0.316 e. The number of amides is 1. The SMILES string of the molecule is C#CC(=O)N1[C@@H](CCCC)Cc2cccnc2[C@@H]1c1cccnc1. The smallest absolute Gasteiger partial charge is 0.299 e. The molecule has 122 valence electrons. The molecule has 1 amide bonds. The highest BCUT2D eigenvalue weighted by Crippen LogP contribution is 2.37. The van der Waals surface area contributed by atoms with Gasteiger partial charge < -0.3 is 4.90 Å². The third-order valence-corrected chi connectivity index (χ3v) is 4.56. The van der Waals surface area contributed by atoms with Gasteiger partial charge in [-0.3, -0.25) is 14.8 Å². The van der Waals surface area contributed by atoms with Crippen LogP contribution in [0.3, 0.4) is 0 Å². The molecule has 0 fully saturated rings. The third kappa shape index (κ3) is 3.03. The summed E-state index contributed by atoms with van der Waals surface area (Å²) in [7, 11) is 0. The van der Waals surface area contributed by atoms with Crippen molar-refractivity contribution in [3.8, 4) is 12.3 Å². The Hall–Kier alpha value is -2.67. The van der Waals surface area contributed by atoms with E-state index in [-0.39, 0.29) is 18.0 Å². The summed E-state index contributed by atoms with van der Waals surface area (Å²) in [6.07, 6.45) is 14.7. The Balaban J connectivity index is 2.12. The van der Waals surface area contributed by atoms with Gasteiger partial charge in [0, 0.05) is 24.6 Å². The molecule has 3 rings (SSSR count). The van der Waals surface area contributed by atoms with Crippen LogP contribution in [0.2, 0.25) is 0 Å². The first kappa shape index (κ1) is 16.2. The number of hydrogen-bond acceptors (Lipinski definition) is 3. The molecule has 4 nitrogen and oxygen atoms in total. The number of nitrogens with zero attached hydrogens (tertiary/aromatic N) is 3. The van der Waals surface area contributed by atoms with Gasteiger partial charge in [-0.1, -0.05) is 31.9 Å². The minimum Gasteiger partial charge on any atom is -0.316 e. The van der Waals surface area contributed by atoms with Crippen LogP contribution in [-0.4, -0.2) is 26.8 Å². The monoisotopic (exact) mass is 319 g/mol. The fourth-order valence-electron chi connectivity index (χ4n) is 3.46. The molecule has 0 aromatic carbocycles. The van der Waals surface area contributed by atoms with E-state index in [0.29, 0.717) is 0 Å². The third-order valence-electron chi connectivity index (χ3n) is 4.56. The first-order valence-electron chi connectivity index (χ1n) is 8.38. The number of terminal acetylenes is 1. The maximum Gasteiger partial charge on any atom is 0.299 e. The van der Waals surface area contributed by atoms with E-state index in [1.807, 2.05) is 23.1 Å². The van der Waals surface area contributed by atoms with Crippen molar-refractivity contribution in [1.29, 1.82) is 0 Å². The molecule has 0 aliphatic carbocycles. The average molecular weight is 319 g/mol. The van der Waals surface area contributed by atoms with Gasteiger partial charge in [-0.25, -0.2) is 0 Å². The lowest BCUT2D eigenvalue weighted by Crippen LogP contribution is -2.47. The van der Waals surface area contributed by atoms with Gasteiger partial charge in [0.15, 0.2) is 0 Å². The molecule has 0 saturated heterocycles. The zero-order valence-corrected chi connectivity index (χ0v) is 13.9. The molecule has 2 aromatic heterocycles. The Morgan fingerprint density at radius 3 is 2.92 bits per heavy atom. The van der Waals surface area contributed by atoms with Crippen molar-refractivity contribution in [3.63, 3.8) is 0 Å². The molecule has 3 heterocycles. The van der Waals surface area contributed by atoms with Crippen molar-refractivity contribution in [2.45, 2.75) is 44.7 Å². The fraction of sp³-hybridized carbons (Fsp3) is 0.350. The summed E-state index contributed by atoms with van der Waals surface area (Å²) in [5.74, 6) is 2.03. The number of carbonyl (C=O) groups is 1. The molecule has 0 unspecified atom stereocenters. The van der Waals surface area contributed by atoms with Crippen LogP contribution < -0.4 is 0 Å². The Morgan fingerprint density at radius 2 is 2.21 bits per heavy atom. The van der Waals surface area contributed by atoms with E-state index >= 15 is 0 Å². The maximum atomic E-state index is 12.6. The van der Waals surface area contributed by atoms with Gasteiger partial charge in [0.1, 0.15) is 6.04 Å². The number of carbonyl (C=O) groups excluding carboxylic acids is 1. The van der Waals surface area contributed by atoms with Crippen LogP contribution in [0.1, 0.15) is 49.0 Å². The van der Waals surface area contributed by atoms with Crippen molar-refractivity contribution < 1.29 is 4.79 Å². The van der Waals surface area contributed by atoms with Gasteiger partial charge in [-0.2, -0.15) is 0 Å². The van der Waals surface area contributed by atoms with E-state index in [1.165, 1.54) is 5.56 Å². The Morgan fingerprint density at radius 1 is 1.38 bits per heavy atom. The second-order valence-corrected chi connectivity index (χ2v) is 6.09. The molecular weight excluding hydrogens is 298 g/mol. The molecule has 1 aliphatic rings. The summed E-state index contributed by atoms with van der Waals surface area (Å²) < 4.78 is 0. The Labute approximate surface area is 142 Å². The standard InChI is InChI=1S/C20H21N3O/c1-3-5-10-17-13-15-8-7-12-22-19(15)20(23(17)18(24)4-2)16-9-6-11-21-14-16/h2,6-9,11-12,14,17,20H,3,5,10,13H2,1H3/t17-,20-/m0/s1. The maximum absolute atomic E-state index is 12.6. The molecular formula is C20H21N3O. The van der Waals surface area contributed by atoms with Gasteiger partial charge >= 0.3 is 0 Å². The van der Waals surface area contributed by atoms with Crippen LogP contribution in [0, 0.1) is 12.3 Å². The van der Waals surface area contributed by atoms with Crippen LogP contribution in [0.15, 0.2) is 42.9 Å². The fourth-order valence-corrected chi connectivity index (χ4v) is 3.46. The highest BCUT2D eigenvalue weighted by atomic mass is 16.2. The number of aromatic nitrogens is 2. The van der Waals surface area contributed by atoms with Crippen LogP contribution >= 0.6 is 0 Å². The van der Waals surface area contributed by atoms with Crippen molar-refractivity contribution in [1.82, 2.24) is 14.9 Å². The predicted octanol–water partition coefficient (Wildman–Crippen LogP) is 3.14. The highest BCUT2D eigenvalue weighted by Gasteiger charge is 2.38. The molecule has 2 aromatic rings. The summed E-state index contributed by atoms with van der Waals surface area (Å²) in [4.78, 5) is 23.2. The number of hydrogen-bond donors (Lipinski definition) is 0. The summed E-state index contributed by atoms with van der Waals surface area (Å²) in [6, 6.07) is 7.74. The molecule has 2 atom stereocenters. The predicted molar refractivity (Wildman–Crippen MR) is 93.0 cm³/mol. The lowest BCUT2D eigenvalue weighted by atomic mass is 9.86. The van der Waals surface area contributed by atoms with Crippen molar-refractivity contribution in [3.05, 3.63) is 59.7 Å². The van der Waals surface area contributed by atoms with Gasteiger partial charge in [0.2, 0.25) is 0 Å². The lowest BCUT2D eigenvalue weighted by molar-refractivity contribution is -0.130. The molecule has 24 heavy (non-hydrogen) atoms. The number of unbranched alkanes of at least 4 members (excludes halogenated alkanes) is 1. The number of fused-ring (bicyclic) bond motifs is 1. The molecule has 1 aliphatic heterocycles. The van der Waals surface area contributed by atoms with Gasteiger partial charge in [-0.05, 0) is 42.0 Å². The second kappa shape index (κ2) is 7.27. The first-order chi connectivity index (χ1) is 11.8. The topological polar surface area (TPSA) is 46.1 Å². The zero-order valence-electron chi connectivity index (χ0n) is 13.9. The Kier molecular flexibility index (Phi) is 4.90. The Bertz CT molecular complexity index is 751. The summed E-state index contributed by atoms with van der Waals surface area (Å²) in [5, 5.41) is 0. The van der Waals surface area contributed by atoms with Crippen molar-refractivity contribution in [2.24, 2.45) is 0 Å². The van der Waals surface area contributed by atoms with Gasteiger partial charge in [-0.15, -0.1) is 6.42 Å². The number of rotatable bonds is 4. The summed E-state index contributed by atoms with van der Waals surface area (Å²) in [5.41, 5.74) is 3.04. The van der Waals surface area contributed by atoms with E-state index in [2.05, 4.69) is 28.9 Å². The van der Waals surface area contributed by atoms with E-state index in [9.17, 15) is 4.79 Å². The molecule has 4 heteroatoms. The van der Waals surface area contributed by atoms with Gasteiger partial charge in [0.25, 0.3) is 5.91 Å². The minimum absolute atomic E-state index is 0.0930. The molecule has 0 radical (unpaired) electrons. The van der Waals surface area contributed by atoms with E-state index in [1.54, 1.807) is 18.6 Å².